The molecule has 6 nitrogen and oxygen atoms in total. The molecule has 1 amide bonds. The fraction of sp³-hybridized carbons (Fsp3) is 0.316. The zero-order valence-electron chi connectivity index (χ0n) is 15.0. The van der Waals surface area contributed by atoms with Crippen molar-refractivity contribution in [3.8, 4) is 5.75 Å². The third-order valence-corrected chi connectivity index (χ3v) is 5.90. The molecule has 0 spiro atoms. The van der Waals surface area contributed by atoms with Crippen LogP contribution in [0.4, 0.5) is 5.69 Å². The van der Waals surface area contributed by atoms with Crippen molar-refractivity contribution in [3.63, 3.8) is 0 Å². The van der Waals surface area contributed by atoms with Crippen LogP contribution < -0.4 is 14.4 Å². The summed E-state index contributed by atoms with van der Waals surface area (Å²) >= 11 is 0. The number of ether oxygens (including phenoxy) is 1. The Morgan fingerprint density at radius 3 is 2.62 bits per heavy atom. The fourth-order valence-electron chi connectivity index (χ4n) is 3.10. The molecule has 0 aromatic heterocycles. The van der Waals surface area contributed by atoms with Gasteiger partial charge in [-0.1, -0.05) is 18.2 Å². The molecule has 7 heteroatoms. The van der Waals surface area contributed by atoms with Gasteiger partial charge in [-0.15, -0.1) is 0 Å². The summed E-state index contributed by atoms with van der Waals surface area (Å²) in [6, 6.07) is 12.0. The monoisotopic (exact) mass is 374 g/mol. The molecular weight excluding hydrogens is 352 g/mol. The molecule has 0 bridgehead atoms. The van der Waals surface area contributed by atoms with Crippen molar-refractivity contribution in [2.45, 2.75) is 31.2 Å². The molecule has 1 aliphatic rings. The summed E-state index contributed by atoms with van der Waals surface area (Å²) in [7, 11) is -2.38. The molecule has 1 heterocycles. The largest absolute Gasteiger partial charge is 0.495 e. The van der Waals surface area contributed by atoms with Gasteiger partial charge in [0.1, 0.15) is 10.6 Å². The van der Waals surface area contributed by atoms with E-state index in [2.05, 4.69) is 4.72 Å². The molecule has 2 aromatic rings. The first-order chi connectivity index (χ1) is 12.3. The van der Waals surface area contributed by atoms with E-state index in [1.165, 1.54) is 19.2 Å². The first-order valence-electron chi connectivity index (χ1n) is 8.43. The number of benzene rings is 2. The Hall–Kier alpha value is -2.38. The second-order valence-corrected chi connectivity index (χ2v) is 8.16. The maximum Gasteiger partial charge on any atom is 0.258 e. The smallest absolute Gasteiger partial charge is 0.258 e. The summed E-state index contributed by atoms with van der Waals surface area (Å²) in [4.78, 5) is 14.6. The first-order valence-corrected chi connectivity index (χ1v) is 9.92. The Labute approximate surface area is 153 Å². The Balaban J connectivity index is 2.00. The Bertz CT molecular complexity index is 938. The van der Waals surface area contributed by atoms with Gasteiger partial charge in [-0.2, -0.15) is 0 Å². The molecule has 0 unspecified atom stereocenters. The molecule has 2 aromatic carbocycles. The lowest BCUT2D eigenvalue weighted by atomic mass is 10.1. The standard InChI is InChI=1S/C19H22N2O4S/c1-13(2)20-26(23,24)18-12-15(8-9-17(18)25-3)19(22)21-11-10-14-6-4-5-7-16(14)21/h4-9,12-13,20H,10-11H2,1-3H3. The first kappa shape index (κ1) is 18.4. The van der Waals surface area contributed by atoms with Crippen molar-refractivity contribution < 1.29 is 17.9 Å². The highest BCUT2D eigenvalue weighted by atomic mass is 32.2. The average Bonchev–Trinajstić information content (AvgIpc) is 3.03. The molecule has 138 valence electrons. The van der Waals surface area contributed by atoms with Crippen LogP contribution in [0.3, 0.4) is 0 Å². The lowest BCUT2D eigenvalue weighted by molar-refractivity contribution is 0.0989. The van der Waals surface area contributed by atoms with Crippen molar-refractivity contribution in [1.29, 1.82) is 0 Å². The van der Waals surface area contributed by atoms with E-state index in [9.17, 15) is 13.2 Å². The van der Waals surface area contributed by atoms with Gasteiger partial charge in [0.25, 0.3) is 5.91 Å². The normalized spacial score (nSPS) is 13.8. The molecule has 26 heavy (non-hydrogen) atoms. The van der Waals surface area contributed by atoms with Gasteiger partial charge in [0.05, 0.1) is 7.11 Å². The second kappa shape index (κ2) is 7.09. The highest BCUT2D eigenvalue weighted by Gasteiger charge is 2.28. The molecule has 0 saturated heterocycles. The maximum atomic E-state index is 13.0. The molecule has 3 rings (SSSR count). The SMILES string of the molecule is COc1ccc(C(=O)N2CCc3ccccc32)cc1S(=O)(=O)NC(C)C. The third kappa shape index (κ3) is 3.45. The van der Waals surface area contributed by atoms with Gasteiger partial charge in [-0.3, -0.25) is 4.79 Å². The summed E-state index contributed by atoms with van der Waals surface area (Å²) < 4.78 is 32.9. The van der Waals surface area contributed by atoms with Gasteiger partial charge in [0.2, 0.25) is 10.0 Å². The van der Waals surface area contributed by atoms with Crippen molar-refractivity contribution in [3.05, 3.63) is 53.6 Å². The summed E-state index contributed by atoms with van der Waals surface area (Å²) in [5, 5.41) is 0. The molecule has 0 aliphatic carbocycles. The van der Waals surface area contributed by atoms with Crippen LogP contribution in [0, 0.1) is 0 Å². The number of nitrogens with zero attached hydrogens (tertiary/aromatic N) is 1. The van der Waals surface area contributed by atoms with E-state index >= 15 is 0 Å². The van der Waals surface area contributed by atoms with E-state index in [0.29, 0.717) is 12.1 Å². The van der Waals surface area contributed by atoms with E-state index < -0.39 is 10.0 Å². The van der Waals surface area contributed by atoms with E-state index in [1.54, 1.807) is 24.8 Å². The Kier molecular flexibility index (Phi) is 5.02. The molecular formula is C19H22N2O4S. The lowest BCUT2D eigenvalue weighted by Crippen LogP contribution is -2.32. The number of hydrogen-bond acceptors (Lipinski definition) is 4. The van der Waals surface area contributed by atoms with Gasteiger partial charge >= 0.3 is 0 Å². The van der Waals surface area contributed by atoms with Gasteiger partial charge in [-0.05, 0) is 50.1 Å². The van der Waals surface area contributed by atoms with E-state index in [0.717, 1.165) is 17.7 Å². The van der Waals surface area contributed by atoms with Crippen molar-refractivity contribution in [2.24, 2.45) is 0 Å². The van der Waals surface area contributed by atoms with Crippen LogP contribution in [0.25, 0.3) is 0 Å². The van der Waals surface area contributed by atoms with Gasteiger partial charge in [-0.25, -0.2) is 13.1 Å². The Morgan fingerprint density at radius 2 is 1.92 bits per heavy atom. The predicted octanol–water partition coefficient (Wildman–Crippen LogP) is 2.58. The van der Waals surface area contributed by atoms with Gasteiger partial charge in [0, 0.05) is 23.8 Å². The minimum atomic E-state index is -3.79. The van der Waals surface area contributed by atoms with Crippen LogP contribution in [0.5, 0.6) is 5.75 Å². The number of carbonyl (C=O) groups excluding carboxylic acids is 1. The quantitative estimate of drug-likeness (QED) is 0.873. The van der Waals surface area contributed by atoms with Crippen LogP contribution in [0.15, 0.2) is 47.4 Å². The van der Waals surface area contributed by atoms with Crippen LogP contribution in [0.2, 0.25) is 0 Å². The average molecular weight is 374 g/mol. The molecule has 0 saturated carbocycles. The summed E-state index contributed by atoms with van der Waals surface area (Å²) in [5.74, 6) is -0.0184. The fourth-order valence-corrected chi connectivity index (χ4v) is 4.54. The lowest BCUT2D eigenvalue weighted by Gasteiger charge is -2.19. The van der Waals surface area contributed by atoms with Crippen molar-refractivity contribution in [1.82, 2.24) is 4.72 Å². The van der Waals surface area contributed by atoms with Crippen LogP contribution >= 0.6 is 0 Å². The Morgan fingerprint density at radius 1 is 1.19 bits per heavy atom. The topological polar surface area (TPSA) is 75.7 Å². The van der Waals surface area contributed by atoms with Crippen LogP contribution in [-0.4, -0.2) is 34.0 Å². The van der Waals surface area contributed by atoms with Crippen molar-refractivity contribution >= 4 is 21.6 Å². The summed E-state index contributed by atoms with van der Waals surface area (Å²) in [5.41, 5.74) is 2.30. The number of rotatable bonds is 5. The summed E-state index contributed by atoms with van der Waals surface area (Å²) in [6.07, 6.45) is 0.790. The predicted molar refractivity (Wildman–Crippen MR) is 100 cm³/mol. The number of amides is 1. The minimum absolute atomic E-state index is 0.0352. The third-order valence-electron chi connectivity index (χ3n) is 4.22. The van der Waals surface area contributed by atoms with E-state index in [1.807, 2.05) is 24.3 Å². The highest BCUT2D eigenvalue weighted by Crippen LogP contribution is 2.31. The number of sulfonamides is 1. The number of carbonyl (C=O) groups is 1. The van der Waals surface area contributed by atoms with E-state index in [-0.39, 0.29) is 22.6 Å². The zero-order chi connectivity index (χ0) is 18.9. The molecule has 1 aliphatic heterocycles. The molecule has 0 radical (unpaired) electrons. The number of hydrogen-bond donors (Lipinski definition) is 1. The maximum absolute atomic E-state index is 13.0. The second-order valence-electron chi connectivity index (χ2n) is 6.48. The molecule has 0 fully saturated rings. The molecule has 0 atom stereocenters. The number of anilines is 1. The number of methoxy groups -OCH3 is 1. The zero-order valence-corrected chi connectivity index (χ0v) is 15.8. The minimum Gasteiger partial charge on any atom is -0.495 e. The number of para-hydroxylation sites is 1. The van der Waals surface area contributed by atoms with Crippen LogP contribution in [-0.2, 0) is 16.4 Å². The van der Waals surface area contributed by atoms with E-state index in [4.69, 9.17) is 4.74 Å². The van der Waals surface area contributed by atoms with Gasteiger partial charge < -0.3 is 9.64 Å². The molecule has 1 N–H and O–H groups in total. The number of fused-ring (bicyclic) bond motifs is 1. The van der Waals surface area contributed by atoms with Gasteiger partial charge in [0.15, 0.2) is 0 Å². The highest BCUT2D eigenvalue weighted by molar-refractivity contribution is 7.89. The summed E-state index contributed by atoms with van der Waals surface area (Å²) in [6.45, 7) is 4.05. The van der Waals surface area contributed by atoms with Crippen LogP contribution in [0.1, 0.15) is 29.8 Å². The number of nitrogens with one attached hydrogen (secondary N) is 1. The van der Waals surface area contributed by atoms with Crippen molar-refractivity contribution in [2.75, 3.05) is 18.6 Å².